The van der Waals surface area contributed by atoms with Crippen LogP contribution in [0.5, 0.6) is 0 Å². The average Bonchev–Trinajstić information content (AvgIpc) is 3.81. The normalized spacial score (nSPS) is 11.9. The molecule has 10 nitrogen and oxygen atoms in total. The van der Waals surface area contributed by atoms with Crippen molar-refractivity contribution in [2.24, 2.45) is 5.92 Å². The molecule has 0 N–H and O–H groups in total. The molecule has 1 aliphatic carbocycles. The Balaban J connectivity index is -0.000000195. The molecule has 0 amide bonds. The van der Waals surface area contributed by atoms with Crippen molar-refractivity contribution < 1.29 is 47.6 Å². The van der Waals surface area contributed by atoms with Crippen LogP contribution in [0, 0.1) is 5.92 Å². The lowest BCUT2D eigenvalue weighted by molar-refractivity contribution is -0.118. The van der Waals surface area contributed by atoms with E-state index in [1.165, 1.54) is 84.1 Å². The van der Waals surface area contributed by atoms with Gasteiger partial charge in [0.2, 0.25) is 0 Å². The first-order chi connectivity index (χ1) is 37.9. The number of hydrogen-bond acceptors (Lipinski definition) is 10. The molecule has 1 aromatic carbocycles. The molecule has 3 rings (SSSR count). The zero-order valence-electron chi connectivity index (χ0n) is 51.6. The van der Waals surface area contributed by atoms with Crippen LogP contribution in [0.1, 0.15) is 186 Å². The van der Waals surface area contributed by atoms with Crippen LogP contribution in [0.2, 0.25) is 0 Å². The van der Waals surface area contributed by atoms with E-state index in [9.17, 15) is 43.2 Å². The molecule has 10 heteroatoms. The molecule has 1 unspecified atom stereocenters. The predicted octanol–water partition coefficient (Wildman–Crippen LogP) is 17.8. The Hall–Kier alpha value is -7.59. The van der Waals surface area contributed by atoms with Crippen molar-refractivity contribution in [3.8, 4) is 0 Å². The molecular formula is C70H100O10. The fourth-order valence-electron chi connectivity index (χ4n) is 4.95. The van der Waals surface area contributed by atoms with Crippen LogP contribution < -0.4 is 0 Å². The lowest BCUT2D eigenvalue weighted by Crippen LogP contribution is -2.05. The third-order valence-corrected chi connectivity index (χ3v) is 9.14. The van der Waals surface area contributed by atoms with Gasteiger partial charge >= 0.3 is 0 Å². The highest BCUT2D eigenvalue weighted by Crippen LogP contribution is 2.07. The van der Waals surface area contributed by atoms with Crippen molar-refractivity contribution in [3.63, 3.8) is 0 Å². The molecule has 1 atom stereocenters. The van der Waals surface area contributed by atoms with E-state index in [1.807, 2.05) is 135 Å². The Morgan fingerprint density at radius 2 is 1.05 bits per heavy atom. The van der Waals surface area contributed by atoms with E-state index >= 15 is 0 Å². The van der Waals surface area contributed by atoms with Gasteiger partial charge in [0.1, 0.15) is 5.76 Å². The number of ketones is 9. The minimum atomic E-state index is 0.0408. The maximum atomic E-state index is 10.9. The minimum Gasteiger partial charge on any atom is -0.465 e. The average molecular weight is 1100 g/mol. The van der Waals surface area contributed by atoms with Crippen LogP contribution in [-0.2, 0) is 43.2 Å². The van der Waals surface area contributed by atoms with Crippen molar-refractivity contribution in [1.82, 2.24) is 0 Å². The van der Waals surface area contributed by atoms with Crippen LogP contribution in [0.25, 0.3) is 12.2 Å². The lowest BCUT2D eigenvalue weighted by atomic mass is 10.0. The molecule has 1 aromatic heterocycles. The third kappa shape index (κ3) is 84.4. The summed E-state index contributed by atoms with van der Waals surface area (Å²) in [6.45, 7) is 28.5. The molecule has 1 aliphatic rings. The summed E-state index contributed by atoms with van der Waals surface area (Å²) in [6, 6.07) is 13.6. The molecule has 0 spiro atoms. The van der Waals surface area contributed by atoms with Gasteiger partial charge < -0.3 is 4.42 Å². The SMILES string of the molecule is C/C=C/C(=O)C(C)CC.C/C=C/C(=O)CC.C/C=C/C(C)=O.C/C=C/C(C)=O.CC(=O)/C=C/C=C(C)C.CC(=O)/C=C/C=C/c1ccccc1.CC(=O)/C=C/C=C/c1ccco1.CCCCC/C=C/C(C)=O.O=C1C=CCCCC1. The van der Waals surface area contributed by atoms with Crippen LogP contribution in [0.4, 0.5) is 0 Å². The van der Waals surface area contributed by atoms with E-state index in [1.54, 1.807) is 104 Å². The molecule has 2 aromatic rings. The van der Waals surface area contributed by atoms with E-state index < -0.39 is 0 Å². The molecule has 0 saturated heterocycles. The molecule has 0 radical (unpaired) electrons. The van der Waals surface area contributed by atoms with Gasteiger partial charge in [0, 0.05) is 18.8 Å². The van der Waals surface area contributed by atoms with Crippen molar-refractivity contribution in [1.29, 1.82) is 0 Å². The smallest absolute Gasteiger partial charge is 0.158 e. The van der Waals surface area contributed by atoms with Crippen LogP contribution in [0.3, 0.4) is 0 Å². The summed E-state index contributed by atoms with van der Waals surface area (Å²) >= 11 is 0. The molecular weight excluding hydrogens is 1000 g/mol. The molecule has 0 saturated carbocycles. The zero-order chi connectivity index (χ0) is 62.2. The molecule has 0 bridgehead atoms. The first-order valence-electron chi connectivity index (χ1n) is 27.5. The Bertz CT molecular complexity index is 2310. The highest BCUT2D eigenvalue weighted by atomic mass is 16.3. The van der Waals surface area contributed by atoms with Gasteiger partial charge in [0.05, 0.1) is 6.26 Å². The van der Waals surface area contributed by atoms with Gasteiger partial charge in [-0.1, -0.05) is 155 Å². The van der Waals surface area contributed by atoms with Crippen LogP contribution in [-0.4, -0.2) is 52.0 Å². The van der Waals surface area contributed by atoms with E-state index in [4.69, 9.17) is 4.42 Å². The second-order valence-electron chi connectivity index (χ2n) is 17.7. The molecule has 0 aliphatic heterocycles. The van der Waals surface area contributed by atoms with Crippen LogP contribution >= 0.6 is 0 Å². The van der Waals surface area contributed by atoms with Crippen LogP contribution in [0.15, 0.2) is 186 Å². The van der Waals surface area contributed by atoms with Gasteiger partial charge in [0.25, 0.3) is 0 Å². The summed E-state index contributed by atoms with van der Waals surface area (Å²) in [7, 11) is 0. The zero-order valence-corrected chi connectivity index (χ0v) is 51.6. The first-order valence-corrected chi connectivity index (χ1v) is 27.5. The molecule has 440 valence electrons. The number of hydrogen-bond donors (Lipinski definition) is 0. The number of carbonyl (C=O) groups excluding carboxylic acids is 9. The number of rotatable bonds is 20. The number of unbranched alkanes of at least 4 members (excludes halogenated alkanes) is 3. The summed E-state index contributed by atoms with van der Waals surface area (Å²) in [5.41, 5.74) is 2.34. The number of furan rings is 1. The monoisotopic (exact) mass is 1100 g/mol. The van der Waals surface area contributed by atoms with Gasteiger partial charge in [0.15, 0.2) is 52.0 Å². The highest BCUT2D eigenvalue weighted by Gasteiger charge is 2.04. The fraction of sp³-hybridized carbons (Fsp3) is 0.386. The number of benzene rings is 1. The first kappa shape index (κ1) is 83.7. The Morgan fingerprint density at radius 1 is 0.550 bits per heavy atom. The minimum absolute atomic E-state index is 0.0408. The van der Waals surface area contributed by atoms with Gasteiger partial charge in [-0.05, 0) is 200 Å². The van der Waals surface area contributed by atoms with Crippen molar-refractivity contribution in [2.75, 3.05) is 0 Å². The Labute approximate surface area is 483 Å². The highest BCUT2D eigenvalue weighted by molar-refractivity contribution is 5.92. The van der Waals surface area contributed by atoms with Gasteiger partial charge in [-0.3, -0.25) is 43.2 Å². The largest absolute Gasteiger partial charge is 0.465 e. The second-order valence-corrected chi connectivity index (χ2v) is 17.7. The Morgan fingerprint density at radius 3 is 1.45 bits per heavy atom. The summed E-state index contributed by atoms with van der Waals surface area (Å²) in [5, 5.41) is 0. The van der Waals surface area contributed by atoms with Gasteiger partial charge in [-0.15, -0.1) is 0 Å². The van der Waals surface area contributed by atoms with Crippen molar-refractivity contribution >= 4 is 64.2 Å². The third-order valence-electron chi connectivity index (χ3n) is 9.14. The van der Waals surface area contributed by atoms with Crippen molar-refractivity contribution in [3.05, 3.63) is 193 Å². The summed E-state index contributed by atoms with van der Waals surface area (Å²) in [5.74, 6) is 2.27. The second kappa shape index (κ2) is 65.7. The van der Waals surface area contributed by atoms with Gasteiger partial charge in [-0.2, -0.15) is 0 Å². The maximum absolute atomic E-state index is 10.9. The van der Waals surface area contributed by atoms with E-state index in [-0.39, 0.29) is 52.2 Å². The number of carbonyl (C=O) groups is 9. The van der Waals surface area contributed by atoms with E-state index in [0.717, 1.165) is 43.4 Å². The summed E-state index contributed by atoms with van der Waals surface area (Å²) < 4.78 is 5.03. The number of allylic oxidation sites excluding steroid dienone is 22. The van der Waals surface area contributed by atoms with Gasteiger partial charge in [-0.25, -0.2) is 0 Å². The quantitative estimate of drug-likeness (QED) is 0.0707. The summed E-state index contributed by atoms with van der Waals surface area (Å²) in [6.07, 6.45) is 51.6. The summed E-state index contributed by atoms with van der Waals surface area (Å²) in [4.78, 5) is 93.4. The lowest BCUT2D eigenvalue weighted by Gasteiger charge is -2.00. The molecule has 80 heavy (non-hydrogen) atoms. The maximum Gasteiger partial charge on any atom is 0.158 e. The predicted molar refractivity (Wildman–Crippen MR) is 339 cm³/mol. The fourth-order valence-corrected chi connectivity index (χ4v) is 4.95. The molecule has 0 fully saturated rings. The van der Waals surface area contributed by atoms with E-state index in [0.29, 0.717) is 12.2 Å². The van der Waals surface area contributed by atoms with E-state index in [2.05, 4.69) is 6.92 Å². The van der Waals surface area contributed by atoms with Crippen molar-refractivity contribution in [2.45, 2.75) is 175 Å². The standard InChI is InChI=1S/C12H12O.C10H10O2.C9H16O.C8H12O.C8H14O.C7H10O.C6H10O.2C5H8O/c1-11(13)7-5-6-10-12-8-3-2-4-9-12;1-9(11)5-2-3-6-10-7-4-8-12-10;1-3-4-5-6-7-8-9(2)10;1-7(2)5-4-6-8(3)9;1-4-6-8(9)7(3)5-2;8-7-5-3-1-2-4-6-7;1-3-5-6(7)4-2;2*1-3-4-5(2)6/h2-10H,1H3;2-8H,1H3;7-8H,3-6H2,1-2H3;4-6H,1-3H3;4,6-7H,5H2,1-3H3;3,5H,1-2,4,6H2;3,5H,4H2,1-2H3;2*3-4H,1-2H3/b7-5+,10-6+;5-2+,6-3+;8-7+;2*6-4+;;5-3+;2*4-3+. The molecule has 1 heterocycles. The topological polar surface area (TPSA) is 167 Å². The Kier molecular flexibility index (Phi) is 68.8.